The summed E-state index contributed by atoms with van der Waals surface area (Å²) in [5.41, 5.74) is 5.63. The molecule has 0 amide bonds. The lowest BCUT2D eigenvalue weighted by Crippen LogP contribution is -2.28. The monoisotopic (exact) mass is 740 g/mol. The minimum absolute atomic E-state index is 0.0857. The zero-order valence-electron chi connectivity index (χ0n) is 33.7. The molecule has 7 nitrogen and oxygen atoms in total. The Morgan fingerprint density at radius 2 is 1.00 bits per heavy atom. The minimum atomic E-state index is -0.329. The lowest BCUT2D eigenvalue weighted by Gasteiger charge is -2.31. The van der Waals surface area contributed by atoms with E-state index in [4.69, 9.17) is 9.85 Å². The molecule has 3 aromatic rings. The molecule has 0 radical (unpaired) electrons. The van der Waals surface area contributed by atoms with Gasteiger partial charge in [0.15, 0.2) is 11.6 Å². The molecule has 0 atom stereocenters. The Labute approximate surface area is 324 Å². The second-order valence-corrected chi connectivity index (χ2v) is 18.8. The third-order valence-electron chi connectivity index (χ3n) is 9.01. The van der Waals surface area contributed by atoms with Crippen molar-refractivity contribution < 1.29 is 14.3 Å². The summed E-state index contributed by atoms with van der Waals surface area (Å²) in [6.07, 6.45) is 9.49. The zero-order chi connectivity index (χ0) is 39.6. The Morgan fingerprint density at radius 3 is 1.41 bits per heavy atom. The summed E-state index contributed by atoms with van der Waals surface area (Å²) in [5.74, 6) is 1.49. The number of carbonyl (C=O) groups excluding carboxylic acids is 2. The number of thiophene rings is 1. The molecule has 280 valence electrons. The van der Waals surface area contributed by atoms with Crippen LogP contribution in [0.5, 0.6) is 11.5 Å². The molecule has 1 aromatic heterocycles. The third kappa shape index (κ3) is 9.71. The molecule has 0 unspecified atom stereocenters. The Morgan fingerprint density at radius 1 is 0.574 bits per heavy atom. The van der Waals surface area contributed by atoms with Crippen LogP contribution < -0.4 is 4.74 Å². The normalized spacial score (nSPS) is 16.1. The summed E-state index contributed by atoms with van der Waals surface area (Å²) in [6, 6.07) is 18.8. The van der Waals surface area contributed by atoms with E-state index in [9.17, 15) is 9.59 Å². The van der Waals surface area contributed by atoms with E-state index in [-0.39, 0.29) is 33.2 Å². The number of hydrogen-bond donors (Lipinski definition) is 0. The van der Waals surface area contributed by atoms with E-state index in [1.807, 2.05) is 90.3 Å². The van der Waals surface area contributed by atoms with Gasteiger partial charge in [-0.1, -0.05) is 89.2 Å². The molecule has 8 heteroatoms. The van der Waals surface area contributed by atoms with E-state index < -0.39 is 0 Å². The Hall–Kier alpha value is -5.08. The average molecular weight is 741 g/mol. The van der Waals surface area contributed by atoms with E-state index >= 15 is 0 Å². The fourth-order valence-electron chi connectivity index (χ4n) is 5.95. The highest BCUT2D eigenvalue weighted by Gasteiger charge is 2.36. The summed E-state index contributed by atoms with van der Waals surface area (Å²) in [4.78, 5) is 27.7. The fraction of sp³-hybridized carbons (Fsp3) is 0.348. The van der Waals surface area contributed by atoms with Crippen LogP contribution in [0.15, 0.2) is 150 Å². The van der Waals surface area contributed by atoms with Gasteiger partial charge in [0.2, 0.25) is 0 Å². The van der Waals surface area contributed by atoms with Gasteiger partial charge in [-0.3, -0.25) is 9.59 Å². The van der Waals surface area contributed by atoms with Crippen LogP contribution in [0.4, 0.5) is 11.4 Å². The van der Waals surface area contributed by atoms with E-state index in [0.29, 0.717) is 22.9 Å². The fourth-order valence-corrected chi connectivity index (χ4v) is 6.68. The van der Waals surface area contributed by atoms with E-state index in [0.717, 1.165) is 44.0 Å². The molecule has 2 aliphatic rings. The van der Waals surface area contributed by atoms with E-state index in [2.05, 4.69) is 98.4 Å². The first-order valence-electron chi connectivity index (χ1n) is 18.3. The van der Waals surface area contributed by atoms with Crippen molar-refractivity contribution in [2.24, 2.45) is 42.1 Å². The predicted octanol–water partition coefficient (Wildman–Crippen LogP) is 14.1. The lowest BCUT2D eigenvalue weighted by molar-refractivity contribution is -0.114. The van der Waals surface area contributed by atoms with Crippen molar-refractivity contribution in [3.8, 4) is 11.5 Å². The SMILES string of the molecule is CC(C)(C)C1=CC(=CN=Nc2ccc(Oc3ccc(N=NC(=C4C=C(C(C)(C)C)C(=O)C(C(C)(C)C)=C4)c4cccs4)cc3)cc2)C=C(C(C)(C)C)C1=O. The quantitative estimate of drug-likeness (QED) is 0.226. The molecule has 1 heterocycles. The lowest BCUT2D eigenvalue weighted by atomic mass is 9.71. The van der Waals surface area contributed by atoms with Gasteiger partial charge in [0, 0.05) is 27.9 Å². The van der Waals surface area contributed by atoms with Crippen LogP contribution in [-0.4, -0.2) is 11.6 Å². The third-order valence-corrected chi connectivity index (χ3v) is 9.89. The van der Waals surface area contributed by atoms with Crippen molar-refractivity contribution in [3.63, 3.8) is 0 Å². The zero-order valence-corrected chi connectivity index (χ0v) is 34.5. The van der Waals surface area contributed by atoms with Crippen molar-refractivity contribution in [2.45, 2.75) is 83.1 Å². The summed E-state index contributed by atoms with van der Waals surface area (Å²) in [7, 11) is 0. The maximum Gasteiger partial charge on any atom is 0.186 e. The summed E-state index contributed by atoms with van der Waals surface area (Å²) < 4.78 is 6.10. The predicted molar refractivity (Wildman–Crippen MR) is 221 cm³/mol. The van der Waals surface area contributed by atoms with Crippen molar-refractivity contribution in [1.82, 2.24) is 0 Å². The molecule has 0 fully saturated rings. The van der Waals surface area contributed by atoms with Crippen molar-refractivity contribution in [2.75, 3.05) is 0 Å². The van der Waals surface area contributed by atoms with Crippen molar-refractivity contribution in [1.29, 1.82) is 0 Å². The molecule has 0 bridgehead atoms. The highest BCUT2D eigenvalue weighted by atomic mass is 32.1. The highest BCUT2D eigenvalue weighted by Crippen LogP contribution is 2.42. The second-order valence-electron chi connectivity index (χ2n) is 17.8. The van der Waals surface area contributed by atoms with Crippen LogP contribution in [0.1, 0.15) is 88.0 Å². The molecule has 0 spiro atoms. The topological polar surface area (TPSA) is 92.8 Å². The van der Waals surface area contributed by atoms with Gasteiger partial charge < -0.3 is 4.74 Å². The Kier molecular flexibility index (Phi) is 11.4. The molecule has 0 aliphatic heterocycles. The number of allylic oxidation sites excluding steroid dienone is 10. The van der Waals surface area contributed by atoms with E-state index in [1.165, 1.54) is 0 Å². The maximum atomic E-state index is 13.6. The van der Waals surface area contributed by atoms with Gasteiger partial charge in [0.1, 0.15) is 17.2 Å². The Bertz CT molecular complexity index is 2090. The number of rotatable bonds is 7. The number of ketones is 2. The first-order valence-corrected chi connectivity index (χ1v) is 19.2. The van der Waals surface area contributed by atoms with Crippen LogP contribution in [-0.2, 0) is 9.59 Å². The van der Waals surface area contributed by atoms with Crippen LogP contribution in [0.3, 0.4) is 0 Å². The second kappa shape index (κ2) is 15.3. The Balaban J connectivity index is 1.32. The van der Waals surface area contributed by atoms with Gasteiger partial charge in [-0.05, 0) is 112 Å². The molecule has 54 heavy (non-hydrogen) atoms. The number of nitrogens with zero attached hydrogens (tertiary/aromatic N) is 4. The standard InChI is InChI=1S/C46H52N4O3S/c1-43(2,3)35-24-29(25-36(41(35)51)44(4,5)6)28-47-48-31-15-19-33(20-16-31)53-34-21-17-32(18-22-34)49-50-40(39-14-13-23-54-39)30-26-37(45(7,8)9)42(52)38(27-30)46(10,11)12/h13-28H,1-12H3. The molecule has 2 aromatic carbocycles. The summed E-state index contributed by atoms with van der Waals surface area (Å²) in [5, 5.41) is 20.1. The van der Waals surface area contributed by atoms with Gasteiger partial charge in [-0.2, -0.15) is 15.3 Å². The van der Waals surface area contributed by atoms with Crippen LogP contribution in [0, 0.1) is 21.7 Å². The molecule has 0 N–H and O–H groups in total. The molecule has 2 aliphatic carbocycles. The number of carbonyl (C=O) groups is 2. The van der Waals surface area contributed by atoms with Gasteiger partial charge >= 0.3 is 0 Å². The average Bonchev–Trinajstić information content (AvgIpc) is 3.60. The summed E-state index contributed by atoms with van der Waals surface area (Å²) >= 11 is 1.59. The summed E-state index contributed by atoms with van der Waals surface area (Å²) in [6.45, 7) is 24.7. The van der Waals surface area contributed by atoms with Crippen molar-refractivity contribution >= 4 is 40.0 Å². The van der Waals surface area contributed by atoms with Gasteiger partial charge in [0.25, 0.3) is 0 Å². The highest BCUT2D eigenvalue weighted by molar-refractivity contribution is 7.11. The first-order chi connectivity index (χ1) is 25.1. The molecule has 0 saturated carbocycles. The number of Topliss-reactive ketones (excluding diaryl/α,β-unsaturated/α-hetero) is 2. The van der Waals surface area contributed by atoms with Gasteiger partial charge in [0.05, 0.1) is 22.5 Å². The van der Waals surface area contributed by atoms with Gasteiger partial charge in [-0.15, -0.1) is 16.5 Å². The van der Waals surface area contributed by atoms with Crippen LogP contribution >= 0.6 is 11.3 Å². The van der Waals surface area contributed by atoms with Gasteiger partial charge in [-0.25, -0.2) is 0 Å². The molecule has 5 rings (SSSR count). The molecular weight excluding hydrogens is 689 g/mol. The van der Waals surface area contributed by atoms with Crippen LogP contribution in [0.2, 0.25) is 0 Å². The number of ether oxygens (including phenoxy) is 1. The molecule has 0 saturated heterocycles. The maximum absolute atomic E-state index is 13.6. The largest absolute Gasteiger partial charge is 0.457 e. The number of hydrogen-bond acceptors (Lipinski definition) is 8. The number of azo groups is 2. The number of benzene rings is 2. The van der Waals surface area contributed by atoms with E-state index in [1.54, 1.807) is 17.5 Å². The van der Waals surface area contributed by atoms with Crippen molar-refractivity contribution in [3.05, 3.63) is 135 Å². The first kappa shape index (κ1) is 40.1. The van der Waals surface area contributed by atoms with Crippen LogP contribution in [0.25, 0.3) is 5.70 Å². The smallest absolute Gasteiger partial charge is 0.186 e. The minimum Gasteiger partial charge on any atom is -0.457 e. The molecular formula is C46H52N4O3S.